The van der Waals surface area contributed by atoms with E-state index < -0.39 is 0 Å². The van der Waals surface area contributed by atoms with E-state index in [2.05, 4.69) is 78.6 Å². The van der Waals surface area contributed by atoms with Crippen LogP contribution in [0, 0.1) is 12.8 Å². The van der Waals surface area contributed by atoms with Gasteiger partial charge in [-0.2, -0.15) is 0 Å². The molecule has 1 fully saturated rings. The van der Waals surface area contributed by atoms with Gasteiger partial charge >= 0.3 is 0 Å². The van der Waals surface area contributed by atoms with Crippen molar-refractivity contribution in [3.05, 3.63) is 89.3 Å². The van der Waals surface area contributed by atoms with Crippen molar-refractivity contribution in [2.75, 3.05) is 22.2 Å². The number of nitrogens with one attached hydrogen (secondary N) is 2. The maximum Gasteiger partial charge on any atom is 0.226 e. The van der Waals surface area contributed by atoms with Gasteiger partial charge in [-0.25, -0.2) is 0 Å². The molecule has 5 rings (SSSR count). The topological polar surface area (TPSA) is 60.5 Å². The molecule has 2 N–H and O–H groups in total. The van der Waals surface area contributed by atoms with Crippen molar-refractivity contribution < 1.29 is 4.79 Å². The Morgan fingerprint density at radius 3 is 2.54 bits per heavy atom. The first-order chi connectivity index (χ1) is 18.5. The van der Waals surface area contributed by atoms with Crippen molar-refractivity contribution in [3.8, 4) is 0 Å². The molecule has 39 heavy (non-hydrogen) atoms. The quantitative estimate of drug-likeness (QED) is 0.348. The number of hydrogen-bond donors (Lipinski definition) is 2. The van der Waals surface area contributed by atoms with Crippen molar-refractivity contribution >= 4 is 45.9 Å². The number of benzene rings is 2. The molecule has 2 atom stereocenters. The van der Waals surface area contributed by atoms with Crippen LogP contribution in [0.15, 0.2) is 66.9 Å². The molecule has 1 amide bonds. The number of likely N-dealkylation sites (N-methyl/N-ethyl adjacent to an activating group) is 1. The lowest BCUT2D eigenvalue weighted by Gasteiger charge is -2.41. The third-order valence-electron chi connectivity index (χ3n) is 7.95. The lowest BCUT2D eigenvalue weighted by Crippen LogP contribution is -2.42. The van der Waals surface area contributed by atoms with Gasteiger partial charge in [0, 0.05) is 41.8 Å². The molecular weight excluding hydrogens is 502 g/mol. The highest BCUT2D eigenvalue weighted by molar-refractivity contribution is 7.80. The van der Waals surface area contributed by atoms with E-state index in [0.717, 1.165) is 28.2 Å². The summed E-state index contributed by atoms with van der Waals surface area (Å²) < 4.78 is 0. The maximum absolute atomic E-state index is 12.3. The predicted molar refractivity (Wildman–Crippen MR) is 165 cm³/mol. The van der Waals surface area contributed by atoms with Crippen LogP contribution in [0.1, 0.15) is 69.1 Å². The Labute approximate surface area is 237 Å². The van der Waals surface area contributed by atoms with Crippen molar-refractivity contribution in [3.63, 3.8) is 0 Å². The molecule has 2 aromatic carbocycles. The molecule has 202 valence electrons. The lowest BCUT2D eigenvalue weighted by atomic mass is 9.86. The molecule has 2 aliphatic rings. The molecule has 7 heteroatoms. The predicted octanol–water partition coefficient (Wildman–Crippen LogP) is 6.79. The van der Waals surface area contributed by atoms with E-state index in [4.69, 9.17) is 17.2 Å². The van der Waals surface area contributed by atoms with E-state index in [1.54, 1.807) is 0 Å². The Balaban J connectivity index is 1.60. The summed E-state index contributed by atoms with van der Waals surface area (Å²) in [5.74, 6) is -0.0861. The fourth-order valence-corrected chi connectivity index (χ4v) is 5.89. The smallest absolute Gasteiger partial charge is 0.226 e. The summed E-state index contributed by atoms with van der Waals surface area (Å²) in [7, 11) is 2.15. The fraction of sp³-hybridized carbons (Fsp3) is 0.344. The van der Waals surface area contributed by atoms with Gasteiger partial charge in [0.25, 0.3) is 0 Å². The number of anilines is 3. The number of pyridine rings is 1. The standard InChI is InChI=1S/C32H37N5OS/c1-19(2)30(38)34-25-13-12-23(16-20(25)3)37-29(28(35-31(37)39)26-10-8-9-15-33-26)22-11-14-27-24(17-22)21(4)18-32(5,6)36(27)7/h8-19,28-29H,1-7H3,(H,34,38)(H,35,39)/t28-,29-/m1/s1. The number of carbonyl (C=O) groups is 1. The molecule has 0 unspecified atom stereocenters. The normalized spacial score (nSPS) is 20.0. The van der Waals surface area contributed by atoms with Gasteiger partial charge in [0.05, 0.1) is 23.3 Å². The van der Waals surface area contributed by atoms with Crippen LogP contribution >= 0.6 is 12.2 Å². The van der Waals surface area contributed by atoms with Crippen LogP contribution < -0.4 is 20.4 Å². The molecule has 1 saturated heterocycles. The van der Waals surface area contributed by atoms with Gasteiger partial charge in [-0.1, -0.05) is 32.1 Å². The van der Waals surface area contributed by atoms with Gasteiger partial charge in [0.1, 0.15) is 0 Å². The van der Waals surface area contributed by atoms with Crippen LogP contribution in [-0.2, 0) is 4.79 Å². The summed E-state index contributed by atoms with van der Waals surface area (Å²) in [5.41, 5.74) is 8.53. The van der Waals surface area contributed by atoms with E-state index in [0.29, 0.717) is 5.11 Å². The number of amides is 1. The highest BCUT2D eigenvalue weighted by Crippen LogP contribution is 2.45. The summed E-state index contributed by atoms with van der Waals surface area (Å²) in [6.45, 7) is 12.5. The van der Waals surface area contributed by atoms with Crippen LogP contribution in [0.25, 0.3) is 5.57 Å². The minimum absolute atomic E-state index is 0.00271. The SMILES string of the molecule is CC1=CC(C)(C)N(C)c2ccc([C@@H]3[C@@H](c4ccccn4)NC(=S)N3c3ccc(NC(=O)C(C)C)c(C)c3)cc21. The lowest BCUT2D eigenvalue weighted by molar-refractivity contribution is -0.118. The number of allylic oxidation sites excluding steroid dienone is 1. The van der Waals surface area contributed by atoms with E-state index in [1.165, 1.54) is 16.8 Å². The highest BCUT2D eigenvalue weighted by Gasteiger charge is 2.41. The van der Waals surface area contributed by atoms with Crippen molar-refractivity contribution in [2.24, 2.45) is 5.92 Å². The molecule has 2 aliphatic heterocycles. The second-order valence-electron chi connectivity index (χ2n) is 11.5. The highest BCUT2D eigenvalue weighted by atomic mass is 32.1. The van der Waals surface area contributed by atoms with Gasteiger partial charge in [-0.15, -0.1) is 0 Å². The Morgan fingerprint density at radius 1 is 1.10 bits per heavy atom. The number of aryl methyl sites for hydroxylation is 1. The molecular formula is C32H37N5OS. The van der Waals surface area contributed by atoms with Crippen LogP contribution in [0.3, 0.4) is 0 Å². The van der Waals surface area contributed by atoms with Crippen molar-refractivity contribution in [1.82, 2.24) is 10.3 Å². The number of fused-ring (bicyclic) bond motifs is 1. The van der Waals surface area contributed by atoms with Gasteiger partial charge < -0.3 is 20.4 Å². The number of rotatable bonds is 5. The number of thiocarbonyl (C=S) groups is 1. The van der Waals surface area contributed by atoms with E-state index in [-0.39, 0.29) is 29.4 Å². The molecule has 1 aromatic heterocycles. The van der Waals surface area contributed by atoms with E-state index >= 15 is 0 Å². The first kappa shape index (κ1) is 26.9. The summed E-state index contributed by atoms with van der Waals surface area (Å²) in [6, 6.07) is 18.6. The molecule has 0 bridgehead atoms. The monoisotopic (exact) mass is 539 g/mol. The Morgan fingerprint density at radius 2 is 1.87 bits per heavy atom. The zero-order valence-corrected chi connectivity index (χ0v) is 24.6. The van der Waals surface area contributed by atoms with Gasteiger partial charge in [0.15, 0.2) is 5.11 Å². The van der Waals surface area contributed by atoms with Gasteiger partial charge in [-0.3, -0.25) is 9.78 Å². The minimum Gasteiger partial charge on any atom is -0.366 e. The first-order valence-electron chi connectivity index (χ1n) is 13.5. The van der Waals surface area contributed by atoms with Crippen LogP contribution in [0.5, 0.6) is 0 Å². The Bertz CT molecular complexity index is 1460. The molecule has 3 aromatic rings. The molecule has 6 nitrogen and oxygen atoms in total. The van der Waals surface area contributed by atoms with E-state index in [9.17, 15) is 4.79 Å². The van der Waals surface area contributed by atoms with Crippen LogP contribution in [-0.4, -0.2) is 28.6 Å². The summed E-state index contributed by atoms with van der Waals surface area (Å²) in [5, 5.41) is 7.25. The largest absolute Gasteiger partial charge is 0.366 e. The number of nitrogens with zero attached hydrogens (tertiary/aromatic N) is 3. The molecule has 0 saturated carbocycles. The minimum atomic E-state index is -0.126. The summed E-state index contributed by atoms with van der Waals surface area (Å²) in [4.78, 5) is 21.6. The second-order valence-corrected chi connectivity index (χ2v) is 11.8. The zero-order valence-electron chi connectivity index (χ0n) is 23.7. The second kappa shape index (κ2) is 10.1. The fourth-order valence-electron chi connectivity index (χ4n) is 5.55. The summed E-state index contributed by atoms with van der Waals surface area (Å²) >= 11 is 5.95. The Hall–Kier alpha value is -3.71. The van der Waals surface area contributed by atoms with Crippen molar-refractivity contribution in [2.45, 2.75) is 59.2 Å². The molecule has 0 spiro atoms. The molecule has 3 heterocycles. The first-order valence-corrected chi connectivity index (χ1v) is 13.9. The molecule has 0 aliphatic carbocycles. The van der Waals surface area contributed by atoms with Crippen LogP contribution in [0.4, 0.5) is 17.1 Å². The van der Waals surface area contributed by atoms with Gasteiger partial charge in [0.2, 0.25) is 5.91 Å². The van der Waals surface area contributed by atoms with Crippen molar-refractivity contribution in [1.29, 1.82) is 0 Å². The average Bonchev–Trinajstić information content (AvgIpc) is 3.25. The van der Waals surface area contributed by atoms with E-state index in [1.807, 2.05) is 57.3 Å². The maximum atomic E-state index is 12.3. The Kier molecular flexibility index (Phi) is 6.97. The number of carbonyl (C=O) groups excluding carboxylic acids is 1. The van der Waals surface area contributed by atoms with Gasteiger partial charge in [-0.05, 0) is 99.1 Å². The molecule has 0 radical (unpaired) electrons. The third-order valence-corrected chi connectivity index (χ3v) is 8.27. The summed E-state index contributed by atoms with van der Waals surface area (Å²) in [6.07, 6.45) is 4.16. The van der Waals surface area contributed by atoms with Crippen LogP contribution in [0.2, 0.25) is 0 Å². The number of hydrogen-bond acceptors (Lipinski definition) is 4. The third kappa shape index (κ3) is 4.91. The zero-order chi connectivity index (χ0) is 28.1. The number of aromatic nitrogens is 1. The average molecular weight is 540 g/mol.